The summed E-state index contributed by atoms with van der Waals surface area (Å²) in [5, 5.41) is 3.07. The van der Waals surface area contributed by atoms with E-state index in [1.165, 1.54) is 0 Å². The van der Waals surface area contributed by atoms with Crippen LogP contribution in [-0.2, 0) is 14.3 Å². The maximum absolute atomic E-state index is 11.9. The monoisotopic (exact) mass is 298 g/mol. The first-order valence-electron chi connectivity index (χ1n) is 8.13. The number of esters is 1. The minimum Gasteiger partial charge on any atom is -0.466 e. The van der Waals surface area contributed by atoms with Gasteiger partial charge < -0.3 is 15.8 Å². The van der Waals surface area contributed by atoms with E-state index in [4.69, 9.17) is 10.5 Å². The fraction of sp³-hybridized carbons (Fsp3) is 0.875. The molecular weight excluding hydrogens is 268 g/mol. The molecule has 3 N–H and O–H groups in total. The third-order valence-corrected chi connectivity index (χ3v) is 4.67. The largest absolute Gasteiger partial charge is 0.466 e. The van der Waals surface area contributed by atoms with Gasteiger partial charge in [0.15, 0.2) is 0 Å². The first kappa shape index (κ1) is 18.0. The van der Waals surface area contributed by atoms with Crippen molar-refractivity contribution in [3.8, 4) is 0 Å². The third kappa shape index (κ3) is 4.70. The molecule has 5 heteroatoms. The Morgan fingerprint density at radius 1 is 1.24 bits per heavy atom. The number of carbonyl (C=O) groups excluding carboxylic acids is 2. The predicted molar refractivity (Wildman–Crippen MR) is 82.5 cm³/mol. The van der Waals surface area contributed by atoms with Gasteiger partial charge in [0.05, 0.1) is 12.5 Å². The number of amides is 1. The molecule has 1 amide bonds. The standard InChI is InChI=1S/C16H30N2O3/c1-5-11(6-2)15(18-10(4)19)13-8-12(9-14(13)17)16(20)21-7-3/h11-15H,5-9,17H2,1-4H3,(H,18,19)/t12-,13-,14-,15+/m1/s1. The smallest absolute Gasteiger partial charge is 0.308 e. The van der Waals surface area contributed by atoms with E-state index in [-0.39, 0.29) is 35.8 Å². The molecule has 0 aromatic carbocycles. The number of carbonyl (C=O) groups is 2. The van der Waals surface area contributed by atoms with Crippen LogP contribution >= 0.6 is 0 Å². The van der Waals surface area contributed by atoms with Crippen LogP contribution < -0.4 is 11.1 Å². The number of ether oxygens (including phenoxy) is 1. The van der Waals surface area contributed by atoms with E-state index >= 15 is 0 Å². The highest BCUT2D eigenvalue weighted by atomic mass is 16.5. The molecule has 0 aliphatic heterocycles. The molecule has 21 heavy (non-hydrogen) atoms. The van der Waals surface area contributed by atoms with E-state index in [2.05, 4.69) is 19.2 Å². The van der Waals surface area contributed by atoms with Gasteiger partial charge in [0, 0.05) is 19.0 Å². The molecule has 0 aromatic heterocycles. The van der Waals surface area contributed by atoms with Gasteiger partial charge in [-0.2, -0.15) is 0 Å². The van der Waals surface area contributed by atoms with Crippen LogP contribution in [-0.4, -0.2) is 30.6 Å². The predicted octanol–water partition coefficient (Wildman–Crippen LogP) is 1.84. The molecular formula is C16H30N2O3. The molecule has 0 saturated heterocycles. The van der Waals surface area contributed by atoms with Gasteiger partial charge in [-0.15, -0.1) is 0 Å². The average molecular weight is 298 g/mol. The SMILES string of the molecule is CCOC(=O)[C@@H]1C[C@@H]([C@@H](NC(C)=O)C(CC)CC)[C@H](N)C1. The Labute approximate surface area is 128 Å². The molecule has 1 rings (SSSR count). The summed E-state index contributed by atoms with van der Waals surface area (Å²) >= 11 is 0. The molecule has 1 fully saturated rings. The summed E-state index contributed by atoms with van der Waals surface area (Å²) in [6.45, 7) is 8.02. The van der Waals surface area contributed by atoms with Crippen LogP contribution in [0, 0.1) is 17.8 Å². The van der Waals surface area contributed by atoms with Crippen LogP contribution in [0.5, 0.6) is 0 Å². The van der Waals surface area contributed by atoms with Gasteiger partial charge in [0.2, 0.25) is 5.91 Å². The van der Waals surface area contributed by atoms with Crippen LogP contribution in [0.2, 0.25) is 0 Å². The summed E-state index contributed by atoms with van der Waals surface area (Å²) in [7, 11) is 0. The Bertz CT molecular complexity index is 355. The molecule has 5 nitrogen and oxygen atoms in total. The summed E-state index contributed by atoms with van der Waals surface area (Å²) in [5.41, 5.74) is 6.27. The van der Waals surface area contributed by atoms with E-state index in [1.54, 1.807) is 6.92 Å². The summed E-state index contributed by atoms with van der Waals surface area (Å²) in [6.07, 6.45) is 3.35. The highest BCUT2D eigenvalue weighted by molar-refractivity contribution is 5.74. The van der Waals surface area contributed by atoms with Crippen molar-refractivity contribution in [2.24, 2.45) is 23.5 Å². The van der Waals surface area contributed by atoms with Crippen LogP contribution in [0.15, 0.2) is 0 Å². The molecule has 122 valence electrons. The van der Waals surface area contributed by atoms with E-state index in [1.807, 2.05) is 6.92 Å². The highest BCUT2D eigenvalue weighted by Gasteiger charge is 2.42. The van der Waals surface area contributed by atoms with Crippen molar-refractivity contribution in [3.63, 3.8) is 0 Å². The maximum atomic E-state index is 11.9. The van der Waals surface area contributed by atoms with Gasteiger partial charge in [0.1, 0.15) is 0 Å². The highest BCUT2D eigenvalue weighted by Crippen LogP contribution is 2.36. The zero-order valence-electron chi connectivity index (χ0n) is 13.7. The lowest BCUT2D eigenvalue weighted by atomic mass is 9.82. The van der Waals surface area contributed by atoms with Crippen molar-refractivity contribution >= 4 is 11.9 Å². The number of rotatable bonds is 7. The first-order chi connectivity index (χ1) is 9.94. The van der Waals surface area contributed by atoms with E-state index in [9.17, 15) is 9.59 Å². The van der Waals surface area contributed by atoms with E-state index < -0.39 is 0 Å². The molecule has 0 spiro atoms. The van der Waals surface area contributed by atoms with Crippen molar-refractivity contribution in [1.29, 1.82) is 0 Å². The second kappa shape index (κ2) is 8.37. The molecule has 1 aliphatic carbocycles. The van der Waals surface area contributed by atoms with Gasteiger partial charge in [-0.05, 0) is 31.6 Å². The topological polar surface area (TPSA) is 81.4 Å². The number of hydrogen-bond acceptors (Lipinski definition) is 4. The summed E-state index contributed by atoms with van der Waals surface area (Å²) in [5.74, 6) is 0.231. The Morgan fingerprint density at radius 3 is 2.33 bits per heavy atom. The summed E-state index contributed by atoms with van der Waals surface area (Å²) in [6, 6.07) is -0.0104. The third-order valence-electron chi connectivity index (χ3n) is 4.67. The molecule has 0 unspecified atom stereocenters. The minimum atomic E-state index is -0.151. The maximum Gasteiger partial charge on any atom is 0.308 e. The van der Waals surface area contributed by atoms with Crippen molar-refractivity contribution in [2.45, 2.75) is 65.5 Å². The van der Waals surface area contributed by atoms with Crippen molar-refractivity contribution in [1.82, 2.24) is 5.32 Å². The van der Waals surface area contributed by atoms with Gasteiger partial charge in [-0.3, -0.25) is 9.59 Å². The molecule has 1 aliphatic rings. The van der Waals surface area contributed by atoms with Crippen LogP contribution in [0.25, 0.3) is 0 Å². The lowest BCUT2D eigenvalue weighted by molar-refractivity contribution is -0.147. The number of nitrogens with two attached hydrogens (primary N) is 1. The van der Waals surface area contributed by atoms with Gasteiger partial charge in [-0.25, -0.2) is 0 Å². The average Bonchev–Trinajstić information content (AvgIpc) is 2.81. The first-order valence-corrected chi connectivity index (χ1v) is 8.13. The van der Waals surface area contributed by atoms with Crippen LogP contribution in [0.4, 0.5) is 0 Å². The molecule has 0 bridgehead atoms. The lowest BCUT2D eigenvalue weighted by Crippen LogP contribution is -2.48. The Kier molecular flexibility index (Phi) is 7.15. The zero-order chi connectivity index (χ0) is 16.0. The van der Waals surface area contributed by atoms with Crippen molar-refractivity contribution in [3.05, 3.63) is 0 Å². The normalized spacial score (nSPS) is 26.7. The molecule has 0 aromatic rings. The van der Waals surface area contributed by atoms with Gasteiger partial charge in [0.25, 0.3) is 0 Å². The minimum absolute atomic E-state index is 0.0290. The molecule has 0 heterocycles. The second-order valence-electron chi connectivity index (χ2n) is 6.05. The Hall–Kier alpha value is -1.10. The lowest BCUT2D eigenvalue weighted by Gasteiger charge is -2.33. The van der Waals surface area contributed by atoms with E-state index in [0.29, 0.717) is 25.4 Å². The second-order valence-corrected chi connectivity index (χ2v) is 6.05. The summed E-state index contributed by atoms with van der Waals surface area (Å²) in [4.78, 5) is 23.5. The molecule has 0 radical (unpaired) electrons. The zero-order valence-corrected chi connectivity index (χ0v) is 13.7. The quantitative estimate of drug-likeness (QED) is 0.703. The van der Waals surface area contributed by atoms with Crippen molar-refractivity contribution in [2.75, 3.05) is 6.61 Å². The van der Waals surface area contributed by atoms with E-state index in [0.717, 1.165) is 12.8 Å². The molecule has 1 saturated carbocycles. The Morgan fingerprint density at radius 2 is 1.86 bits per heavy atom. The fourth-order valence-corrected chi connectivity index (χ4v) is 3.57. The Balaban J connectivity index is 2.82. The van der Waals surface area contributed by atoms with Crippen molar-refractivity contribution < 1.29 is 14.3 Å². The number of hydrogen-bond donors (Lipinski definition) is 2. The van der Waals surface area contributed by atoms with Gasteiger partial charge in [-0.1, -0.05) is 26.7 Å². The van der Waals surface area contributed by atoms with Crippen LogP contribution in [0.1, 0.15) is 53.4 Å². The molecule has 4 atom stereocenters. The summed E-state index contributed by atoms with van der Waals surface area (Å²) < 4.78 is 5.11. The fourth-order valence-electron chi connectivity index (χ4n) is 3.57. The van der Waals surface area contributed by atoms with Crippen LogP contribution in [0.3, 0.4) is 0 Å². The van der Waals surface area contributed by atoms with Gasteiger partial charge >= 0.3 is 5.97 Å². The number of nitrogens with one attached hydrogen (secondary N) is 1.